The van der Waals surface area contributed by atoms with Gasteiger partial charge >= 0.3 is 0 Å². The van der Waals surface area contributed by atoms with Crippen LogP contribution in [-0.2, 0) is 4.74 Å². The zero-order valence-corrected chi connectivity index (χ0v) is 13.6. The van der Waals surface area contributed by atoms with Crippen molar-refractivity contribution in [1.82, 2.24) is 15.4 Å². The maximum Gasteiger partial charge on any atom is 0.269 e. The van der Waals surface area contributed by atoms with Gasteiger partial charge in [-0.3, -0.25) is 15.6 Å². The molecule has 9 heteroatoms. The molecule has 1 aliphatic heterocycles. The second-order valence-electron chi connectivity index (χ2n) is 5.14. The molecule has 0 radical (unpaired) electrons. The monoisotopic (exact) mass is 348 g/mol. The number of ether oxygens (including phenoxy) is 1. The van der Waals surface area contributed by atoms with Crippen LogP contribution in [0.2, 0.25) is 5.02 Å². The lowest BCUT2D eigenvalue weighted by Crippen LogP contribution is -2.37. The van der Waals surface area contributed by atoms with Crippen molar-refractivity contribution in [2.75, 3.05) is 42.4 Å². The topological polar surface area (TPSA) is 105 Å². The Morgan fingerprint density at radius 3 is 2.62 bits per heavy atom. The number of anilines is 3. The molecule has 0 spiro atoms. The molecule has 8 nitrogen and oxygen atoms in total. The zero-order valence-electron chi connectivity index (χ0n) is 12.8. The molecule has 0 unspecified atom stereocenters. The summed E-state index contributed by atoms with van der Waals surface area (Å²) in [6.45, 7) is 2.66. The van der Waals surface area contributed by atoms with Gasteiger partial charge in [0.25, 0.3) is 5.91 Å². The van der Waals surface area contributed by atoms with Gasteiger partial charge in [0.2, 0.25) is 0 Å². The third-order valence-corrected chi connectivity index (χ3v) is 3.83. The fraction of sp³-hybridized carbons (Fsp3) is 0.267. The smallest absolute Gasteiger partial charge is 0.269 e. The number of hydrogen-bond acceptors (Lipinski definition) is 7. The van der Waals surface area contributed by atoms with Crippen LogP contribution in [0.3, 0.4) is 0 Å². The molecule has 3 rings (SSSR count). The Morgan fingerprint density at radius 1 is 1.21 bits per heavy atom. The number of carbonyl (C=O) groups is 1. The van der Waals surface area contributed by atoms with Gasteiger partial charge in [0.05, 0.1) is 13.2 Å². The predicted octanol–water partition coefficient (Wildman–Crippen LogP) is 1.31. The van der Waals surface area contributed by atoms with Crippen molar-refractivity contribution in [3.63, 3.8) is 0 Å². The largest absolute Gasteiger partial charge is 0.393 e. The molecule has 0 atom stereocenters. The highest BCUT2D eigenvalue weighted by molar-refractivity contribution is 6.30. The molecule has 4 N–H and O–H groups in total. The van der Waals surface area contributed by atoms with Crippen LogP contribution in [0.25, 0.3) is 0 Å². The van der Waals surface area contributed by atoms with Crippen molar-refractivity contribution in [3.8, 4) is 0 Å². The minimum Gasteiger partial charge on any atom is -0.393 e. The van der Waals surface area contributed by atoms with E-state index in [4.69, 9.17) is 22.1 Å². The van der Waals surface area contributed by atoms with Crippen molar-refractivity contribution < 1.29 is 9.53 Å². The maximum atomic E-state index is 12.1. The lowest BCUT2D eigenvalue weighted by molar-refractivity contribution is 0.0962. The summed E-state index contributed by atoms with van der Waals surface area (Å²) in [5.74, 6) is 0.642. The number of nitrogen functional groups attached to an aromatic ring is 1. The number of nitrogens with two attached hydrogens (primary N) is 1. The number of halogens is 1. The summed E-state index contributed by atoms with van der Waals surface area (Å²) < 4.78 is 5.32. The van der Waals surface area contributed by atoms with E-state index in [-0.39, 0.29) is 5.91 Å². The van der Waals surface area contributed by atoms with Crippen LogP contribution in [0.5, 0.6) is 0 Å². The molecular weight excluding hydrogens is 332 g/mol. The molecule has 0 saturated carbocycles. The van der Waals surface area contributed by atoms with Gasteiger partial charge in [-0.05, 0) is 24.3 Å². The number of nitrogens with zero attached hydrogens (tertiary/aromatic N) is 3. The summed E-state index contributed by atoms with van der Waals surface area (Å²) in [4.78, 5) is 22.4. The highest BCUT2D eigenvalue weighted by Gasteiger charge is 2.18. The average Bonchev–Trinajstić information content (AvgIpc) is 2.62. The van der Waals surface area contributed by atoms with Gasteiger partial charge in [0, 0.05) is 23.7 Å². The number of hydrogen-bond donors (Lipinski definition) is 3. The first-order valence-electron chi connectivity index (χ1n) is 7.40. The van der Waals surface area contributed by atoms with E-state index in [9.17, 15) is 4.79 Å². The summed E-state index contributed by atoms with van der Waals surface area (Å²) in [5.41, 5.74) is 12.3. The number of nitrogens with one attached hydrogen (secondary N) is 2. The van der Waals surface area contributed by atoms with Gasteiger partial charge in [0.15, 0.2) is 11.6 Å². The summed E-state index contributed by atoms with van der Waals surface area (Å²) >= 11 is 5.81. The average molecular weight is 349 g/mol. The molecule has 2 aromatic rings. The minimum atomic E-state index is -0.322. The second-order valence-corrected chi connectivity index (χ2v) is 5.58. The highest BCUT2D eigenvalue weighted by Crippen LogP contribution is 2.26. The zero-order chi connectivity index (χ0) is 16.9. The SMILES string of the molecule is Nc1c(NNC(=O)c2ccc(Cl)cc2)ncnc1N1CCOCC1. The Labute approximate surface area is 143 Å². The summed E-state index contributed by atoms with van der Waals surface area (Å²) in [6.07, 6.45) is 1.40. The normalized spacial score (nSPS) is 14.3. The molecule has 126 valence electrons. The number of hydrazine groups is 1. The molecule has 1 aromatic heterocycles. The second kappa shape index (κ2) is 7.33. The number of amides is 1. The van der Waals surface area contributed by atoms with E-state index in [1.807, 2.05) is 4.90 Å². The van der Waals surface area contributed by atoms with Crippen LogP contribution < -0.4 is 21.5 Å². The Kier molecular flexibility index (Phi) is 4.97. The fourth-order valence-corrected chi connectivity index (χ4v) is 2.43. The molecule has 1 saturated heterocycles. The molecule has 0 aliphatic carbocycles. The van der Waals surface area contributed by atoms with Gasteiger partial charge in [-0.1, -0.05) is 11.6 Å². The van der Waals surface area contributed by atoms with Crippen molar-refractivity contribution in [2.24, 2.45) is 0 Å². The maximum absolute atomic E-state index is 12.1. The number of aromatic nitrogens is 2. The predicted molar refractivity (Wildman–Crippen MR) is 92.0 cm³/mol. The first-order valence-corrected chi connectivity index (χ1v) is 7.78. The molecule has 2 heterocycles. The van der Waals surface area contributed by atoms with Gasteiger partial charge in [-0.2, -0.15) is 0 Å². The third-order valence-electron chi connectivity index (χ3n) is 3.57. The number of benzene rings is 1. The van der Waals surface area contributed by atoms with Crippen molar-refractivity contribution in [1.29, 1.82) is 0 Å². The third kappa shape index (κ3) is 3.66. The molecule has 1 fully saturated rings. The van der Waals surface area contributed by atoms with E-state index >= 15 is 0 Å². The molecule has 24 heavy (non-hydrogen) atoms. The highest BCUT2D eigenvalue weighted by atomic mass is 35.5. The summed E-state index contributed by atoms with van der Waals surface area (Å²) in [7, 11) is 0. The van der Waals surface area contributed by atoms with Crippen LogP contribution >= 0.6 is 11.6 Å². The number of carbonyl (C=O) groups excluding carboxylic acids is 1. The molecular formula is C15H17ClN6O2. The summed E-state index contributed by atoms with van der Waals surface area (Å²) in [6, 6.07) is 6.54. The van der Waals surface area contributed by atoms with Crippen LogP contribution in [0.15, 0.2) is 30.6 Å². The molecule has 0 bridgehead atoms. The Bertz CT molecular complexity index is 718. The lowest BCUT2D eigenvalue weighted by Gasteiger charge is -2.28. The Balaban J connectivity index is 1.68. The van der Waals surface area contributed by atoms with E-state index < -0.39 is 0 Å². The van der Waals surface area contributed by atoms with E-state index in [1.54, 1.807) is 24.3 Å². The van der Waals surface area contributed by atoms with Crippen LogP contribution in [0, 0.1) is 0 Å². The van der Waals surface area contributed by atoms with Gasteiger partial charge in [-0.25, -0.2) is 9.97 Å². The van der Waals surface area contributed by atoms with Gasteiger partial charge < -0.3 is 15.4 Å². The molecule has 1 aromatic carbocycles. The van der Waals surface area contributed by atoms with Crippen LogP contribution in [0.1, 0.15) is 10.4 Å². The van der Waals surface area contributed by atoms with Crippen molar-refractivity contribution in [3.05, 3.63) is 41.2 Å². The van der Waals surface area contributed by atoms with E-state index in [2.05, 4.69) is 20.8 Å². The molecule has 1 aliphatic rings. The first-order chi connectivity index (χ1) is 11.6. The Hall–Kier alpha value is -2.58. The standard InChI is InChI=1S/C15H17ClN6O2/c16-11-3-1-10(2-4-11)15(23)21-20-13-12(17)14(19-9-18-13)22-5-7-24-8-6-22/h1-4,9H,5-8,17H2,(H,21,23)(H,18,19,20). The molecule has 1 amide bonds. The quantitative estimate of drug-likeness (QED) is 0.715. The van der Waals surface area contributed by atoms with Gasteiger partial charge in [0.1, 0.15) is 12.0 Å². The van der Waals surface area contributed by atoms with Crippen molar-refractivity contribution >= 4 is 34.8 Å². The Morgan fingerprint density at radius 2 is 1.92 bits per heavy atom. The number of rotatable bonds is 4. The van der Waals surface area contributed by atoms with Crippen LogP contribution in [0.4, 0.5) is 17.3 Å². The first kappa shape index (κ1) is 16.3. The fourth-order valence-electron chi connectivity index (χ4n) is 2.30. The summed E-state index contributed by atoms with van der Waals surface area (Å²) in [5, 5.41) is 0.565. The van der Waals surface area contributed by atoms with Crippen molar-refractivity contribution in [2.45, 2.75) is 0 Å². The number of morpholine rings is 1. The van der Waals surface area contributed by atoms with E-state index in [0.717, 1.165) is 0 Å². The van der Waals surface area contributed by atoms with Crippen LogP contribution in [-0.4, -0.2) is 42.2 Å². The van der Waals surface area contributed by atoms with E-state index in [1.165, 1.54) is 6.33 Å². The minimum absolute atomic E-state index is 0.322. The lowest BCUT2D eigenvalue weighted by atomic mass is 10.2. The van der Waals surface area contributed by atoms with E-state index in [0.29, 0.717) is 54.2 Å². The van der Waals surface area contributed by atoms with Gasteiger partial charge in [-0.15, -0.1) is 0 Å².